The molecule has 3 heterocycles. The van der Waals surface area contributed by atoms with E-state index in [4.69, 9.17) is 15.6 Å². The van der Waals surface area contributed by atoms with Gasteiger partial charge in [-0.1, -0.05) is 0 Å². The molecule has 1 saturated heterocycles. The third kappa shape index (κ3) is 2.02. The van der Waals surface area contributed by atoms with Crippen LogP contribution in [0, 0.1) is 6.92 Å². The van der Waals surface area contributed by atoms with Crippen LogP contribution in [0.3, 0.4) is 0 Å². The second-order valence-electron chi connectivity index (χ2n) is 5.10. The summed E-state index contributed by atoms with van der Waals surface area (Å²) in [5, 5.41) is 29.3. The van der Waals surface area contributed by atoms with E-state index in [1.807, 2.05) is 0 Å². The highest BCUT2D eigenvalue weighted by atomic mass is 16.6. The Kier molecular flexibility index (Phi) is 3.21. The molecular weight excluding hydrogens is 280 g/mol. The number of ether oxygens (including phenoxy) is 1. The van der Waals surface area contributed by atoms with Crippen molar-refractivity contribution in [2.75, 3.05) is 12.3 Å². The molecule has 9 nitrogen and oxygen atoms in total. The summed E-state index contributed by atoms with van der Waals surface area (Å²) >= 11 is 0. The Balaban J connectivity index is 2.16. The highest BCUT2D eigenvalue weighted by Crippen LogP contribution is 2.32. The van der Waals surface area contributed by atoms with Gasteiger partial charge in [-0.2, -0.15) is 4.98 Å². The number of aliphatic hydroxyl groups excluding tert-OH is 3. The Morgan fingerprint density at radius 2 is 2.19 bits per heavy atom. The SMILES string of the molecule is Cc1cn([C@@H]2O[C@H](CO)C(O)C2O)c2nc(N)[nH]c(=O)c12. The molecule has 0 aliphatic carbocycles. The van der Waals surface area contributed by atoms with E-state index in [0.29, 0.717) is 10.9 Å². The second kappa shape index (κ2) is 4.81. The topological polar surface area (TPSA) is 147 Å². The molecule has 2 aromatic rings. The first-order valence-corrected chi connectivity index (χ1v) is 6.43. The maximum Gasteiger partial charge on any atom is 0.262 e. The second-order valence-corrected chi connectivity index (χ2v) is 5.10. The fraction of sp³-hybridized carbons (Fsp3) is 0.500. The van der Waals surface area contributed by atoms with Gasteiger partial charge in [0.1, 0.15) is 18.3 Å². The number of anilines is 1. The molecule has 114 valence electrons. The van der Waals surface area contributed by atoms with Gasteiger partial charge in [-0.3, -0.25) is 9.78 Å². The summed E-state index contributed by atoms with van der Waals surface area (Å²) in [6.45, 7) is 1.29. The molecule has 1 aliphatic heterocycles. The zero-order valence-corrected chi connectivity index (χ0v) is 11.2. The number of nitrogens with two attached hydrogens (primary N) is 1. The van der Waals surface area contributed by atoms with Crippen molar-refractivity contribution in [1.29, 1.82) is 0 Å². The number of aromatic amines is 1. The van der Waals surface area contributed by atoms with Crippen LogP contribution in [0.2, 0.25) is 0 Å². The van der Waals surface area contributed by atoms with Crippen LogP contribution in [0.1, 0.15) is 11.8 Å². The number of rotatable bonds is 2. The van der Waals surface area contributed by atoms with Crippen molar-refractivity contribution in [3.8, 4) is 0 Å². The molecule has 0 amide bonds. The van der Waals surface area contributed by atoms with Gasteiger partial charge in [0.15, 0.2) is 11.9 Å². The average Bonchev–Trinajstić information content (AvgIpc) is 2.89. The molecule has 0 saturated carbocycles. The summed E-state index contributed by atoms with van der Waals surface area (Å²) in [4.78, 5) is 18.4. The van der Waals surface area contributed by atoms with Gasteiger partial charge in [-0.25, -0.2) is 0 Å². The number of aliphatic hydroxyl groups is 3. The Labute approximate surface area is 118 Å². The predicted octanol–water partition coefficient (Wildman–Crippen LogP) is -1.77. The van der Waals surface area contributed by atoms with E-state index in [1.165, 1.54) is 4.57 Å². The maximum atomic E-state index is 11.9. The highest BCUT2D eigenvalue weighted by Gasteiger charge is 2.44. The summed E-state index contributed by atoms with van der Waals surface area (Å²) in [5.74, 6) is -0.0569. The summed E-state index contributed by atoms with van der Waals surface area (Å²) < 4.78 is 6.89. The Hall–Kier alpha value is -1.94. The van der Waals surface area contributed by atoms with Crippen LogP contribution < -0.4 is 11.3 Å². The van der Waals surface area contributed by atoms with Gasteiger partial charge < -0.3 is 30.4 Å². The van der Waals surface area contributed by atoms with Gasteiger partial charge >= 0.3 is 0 Å². The van der Waals surface area contributed by atoms with Gasteiger partial charge in [0.25, 0.3) is 5.56 Å². The third-order valence-electron chi connectivity index (χ3n) is 3.68. The van der Waals surface area contributed by atoms with Crippen LogP contribution in [0.25, 0.3) is 11.0 Å². The van der Waals surface area contributed by atoms with Crippen LogP contribution in [0.15, 0.2) is 11.0 Å². The van der Waals surface area contributed by atoms with E-state index in [2.05, 4.69) is 9.97 Å². The summed E-state index contributed by atoms with van der Waals surface area (Å²) in [7, 11) is 0. The van der Waals surface area contributed by atoms with E-state index in [9.17, 15) is 15.0 Å². The Bertz CT molecular complexity index is 739. The van der Waals surface area contributed by atoms with Crippen molar-refractivity contribution in [1.82, 2.24) is 14.5 Å². The normalized spacial score (nSPS) is 29.3. The molecule has 6 N–H and O–H groups in total. The molecule has 2 unspecified atom stereocenters. The fourth-order valence-corrected chi connectivity index (χ4v) is 2.66. The van der Waals surface area contributed by atoms with Crippen molar-refractivity contribution >= 4 is 17.0 Å². The molecule has 21 heavy (non-hydrogen) atoms. The van der Waals surface area contributed by atoms with Crippen LogP contribution in [-0.2, 0) is 4.74 Å². The lowest BCUT2D eigenvalue weighted by molar-refractivity contribution is -0.0508. The zero-order valence-electron chi connectivity index (χ0n) is 11.2. The standard InChI is InChI=1S/C12H16N4O5/c1-4-2-16(9-6(4)10(20)15-12(13)14-9)11-8(19)7(18)5(3-17)21-11/h2,5,7-8,11,17-19H,3H2,1H3,(H3,13,14,15,20)/t5-,7?,8?,11-/m1/s1. The van der Waals surface area contributed by atoms with Gasteiger partial charge in [0, 0.05) is 6.20 Å². The lowest BCUT2D eigenvalue weighted by atomic mass is 10.1. The summed E-state index contributed by atoms with van der Waals surface area (Å²) in [5.41, 5.74) is 6.04. The number of nitrogen functional groups attached to an aromatic ring is 1. The molecular formula is C12H16N4O5. The lowest BCUT2D eigenvalue weighted by Gasteiger charge is -2.17. The Morgan fingerprint density at radius 1 is 1.48 bits per heavy atom. The van der Waals surface area contributed by atoms with Crippen molar-refractivity contribution in [2.24, 2.45) is 0 Å². The number of nitrogens with zero attached hydrogens (tertiary/aromatic N) is 2. The molecule has 0 radical (unpaired) electrons. The van der Waals surface area contributed by atoms with Crippen molar-refractivity contribution in [3.63, 3.8) is 0 Å². The minimum atomic E-state index is -1.25. The molecule has 1 fully saturated rings. The molecule has 2 aromatic heterocycles. The molecule has 9 heteroatoms. The summed E-state index contributed by atoms with van der Waals surface area (Å²) in [6, 6.07) is 0. The number of fused-ring (bicyclic) bond motifs is 1. The minimum Gasteiger partial charge on any atom is -0.394 e. The first-order valence-electron chi connectivity index (χ1n) is 6.43. The van der Waals surface area contributed by atoms with E-state index in [0.717, 1.165) is 0 Å². The zero-order chi connectivity index (χ0) is 15.3. The van der Waals surface area contributed by atoms with E-state index < -0.39 is 31.1 Å². The number of aromatic nitrogens is 3. The number of H-pyrrole nitrogens is 1. The van der Waals surface area contributed by atoms with Crippen molar-refractivity contribution < 1.29 is 20.1 Å². The van der Waals surface area contributed by atoms with E-state index in [1.54, 1.807) is 13.1 Å². The number of nitrogens with one attached hydrogen (secondary N) is 1. The van der Waals surface area contributed by atoms with E-state index in [-0.39, 0.29) is 17.2 Å². The van der Waals surface area contributed by atoms with Gasteiger partial charge in [0.2, 0.25) is 5.95 Å². The quantitative estimate of drug-likeness (QED) is 0.440. The number of hydrogen-bond acceptors (Lipinski definition) is 7. The smallest absolute Gasteiger partial charge is 0.262 e. The Morgan fingerprint density at radius 3 is 2.81 bits per heavy atom. The molecule has 1 aliphatic rings. The molecule has 0 spiro atoms. The number of hydrogen-bond donors (Lipinski definition) is 5. The van der Waals surface area contributed by atoms with Crippen LogP contribution in [0.4, 0.5) is 5.95 Å². The van der Waals surface area contributed by atoms with Crippen molar-refractivity contribution in [2.45, 2.75) is 31.5 Å². The monoisotopic (exact) mass is 296 g/mol. The maximum absolute atomic E-state index is 11.9. The average molecular weight is 296 g/mol. The fourth-order valence-electron chi connectivity index (χ4n) is 2.66. The van der Waals surface area contributed by atoms with Crippen LogP contribution >= 0.6 is 0 Å². The predicted molar refractivity (Wildman–Crippen MR) is 72.5 cm³/mol. The first kappa shape index (κ1) is 14.0. The van der Waals surface area contributed by atoms with Gasteiger partial charge in [-0.05, 0) is 12.5 Å². The van der Waals surface area contributed by atoms with Gasteiger partial charge in [0.05, 0.1) is 12.0 Å². The molecule has 0 aromatic carbocycles. The highest BCUT2D eigenvalue weighted by molar-refractivity contribution is 5.80. The van der Waals surface area contributed by atoms with Crippen LogP contribution in [-0.4, -0.2) is 54.8 Å². The molecule has 4 atom stereocenters. The van der Waals surface area contributed by atoms with E-state index >= 15 is 0 Å². The number of aryl methyl sites for hydroxylation is 1. The largest absolute Gasteiger partial charge is 0.394 e. The summed E-state index contributed by atoms with van der Waals surface area (Å²) in [6.07, 6.45) is -2.74. The van der Waals surface area contributed by atoms with Gasteiger partial charge in [-0.15, -0.1) is 0 Å². The third-order valence-corrected chi connectivity index (χ3v) is 3.68. The minimum absolute atomic E-state index is 0.0569. The lowest BCUT2D eigenvalue weighted by Crippen LogP contribution is -2.33. The molecule has 3 rings (SSSR count). The first-order chi connectivity index (χ1) is 9.93. The van der Waals surface area contributed by atoms with Crippen LogP contribution in [0.5, 0.6) is 0 Å². The molecule has 0 bridgehead atoms. The van der Waals surface area contributed by atoms with Crippen molar-refractivity contribution in [3.05, 3.63) is 22.1 Å².